The first-order valence-electron chi connectivity index (χ1n) is 10.4. The Bertz CT molecular complexity index is 1320. The molecule has 0 saturated carbocycles. The van der Waals surface area contributed by atoms with Gasteiger partial charge in [0.25, 0.3) is 5.91 Å². The van der Waals surface area contributed by atoms with E-state index in [2.05, 4.69) is 16.0 Å². The first-order valence-corrected chi connectivity index (χ1v) is 11.5. The summed E-state index contributed by atoms with van der Waals surface area (Å²) < 4.78 is 2.07. The van der Waals surface area contributed by atoms with Gasteiger partial charge in [-0.1, -0.05) is 11.6 Å². The molecule has 0 saturated heterocycles. The zero-order valence-corrected chi connectivity index (χ0v) is 19.4. The fourth-order valence-corrected chi connectivity index (χ4v) is 5.68. The maximum Gasteiger partial charge on any atom is 0.266 e. The van der Waals surface area contributed by atoms with Gasteiger partial charge in [-0.25, -0.2) is 0 Å². The van der Waals surface area contributed by atoms with E-state index in [0.717, 1.165) is 53.2 Å². The minimum atomic E-state index is -0.482. The molecule has 1 aliphatic rings. The quantitative estimate of drug-likeness (QED) is 0.377. The first kappa shape index (κ1) is 21.9. The standard InChI is InChI=1S/C25H21ClN4OS/c1-15-11-17(12-18(13-27)24(31)29-20-9-7-19(26)8-10-20)16(2)30(15)25-22(14-28)21-5-3-4-6-23(21)32-25/h7-12H,3-6H2,1-2H3,(H,29,31). The molecule has 1 N–H and O–H groups in total. The Morgan fingerprint density at radius 1 is 1.19 bits per heavy atom. The van der Waals surface area contributed by atoms with E-state index in [0.29, 0.717) is 10.7 Å². The van der Waals surface area contributed by atoms with E-state index in [9.17, 15) is 15.3 Å². The molecule has 1 aromatic carbocycles. The number of aromatic nitrogens is 1. The topological polar surface area (TPSA) is 81.6 Å². The molecule has 0 atom stereocenters. The number of amides is 1. The number of hydrogen-bond acceptors (Lipinski definition) is 4. The van der Waals surface area contributed by atoms with Crippen molar-refractivity contribution >= 4 is 40.6 Å². The number of carbonyl (C=O) groups is 1. The lowest BCUT2D eigenvalue weighted by Crippen LogP contribution is -2.13. The second kappa shape index (κ2) is 9.04. The molecule has 1 amide bonds. The van der Waals surface area contributed by atoms with Crippen LogP contribution in [0, 0.1) is 36.5 Å². The van der Waals surface area contributed by atoms with Crippen molar-refractivity contribution in [2.75, 3.05) is 5.32 Å². The Balaban J connectivity index is 1.70. The molecule has 2 heterocycles. The van der Waals surface area contributed by atoms with Crippen LogP contribution in [0.15, 0.2) is 35.9 Å². The number of hydrogen-bond donors (Lipinski definition) is 1. The van der Waals surface area contributed by atoms with Gasteiger partial charge >= 0.3 is 0 Å². The van der Waals surface area contributed by atoms with Crippen LogP contribution in [0.3, 0.4) is 0 Å². The smallest absolute Gasteiger partial charge is 0.266 e. The van der Waals surface area contributed by atoms with Gasteiger partial charge < -0.3 is 9.88 Å². The minimum Gasteiger partial charge on any atom is -0.321 e. The van der Waals surface area contributed by atoms with Crippen molar-refractivity contribution < 1.29 is 4.79 Å². The highest BCUT2D eigenvalue weighted by atomic mass is 35.5. The summed E-state index contributed by atoms with van der Waals surface area (Å²) >= 11 is 7.57. The molecule has 160 valence electrons. The van der Waals surface area contributed by atoms with E-state index in [1.165, 1.54) is 10.4 Å². The van der Waals surface area contributed by atoms with Gasteiger partial charge in [0.05, 0.1) is 5.56 Å². The van der Waals surface area contributed by atoms with Crippen molar-refractivity contribution in [2.24, 2.45) is 0 Å². The third kappa shape index (κ3) is 4.08. The highest BCUT2D eigenvalue weighted by Crippen LogP contribution is 2.38. The van der Waals surface area contributed by atoms with E-state index in [1.54, 1.807) is 41.7 Å². The predicted octanol–water partition coefficient (Wildman–Crippen LogP) is 6.11. The third-order valence-corrected chi connectivity index (χ3v) is 7.23. The molecule has 0 unspecified atom stereocenters. The second-order valence-electron chi connectivity index (χ2n) is 7.80. The fraction of sp³-hybridized carbons (Fsp3) is 0.240. The summed E-state index contributed by atoms with van der Waals surface area (Å²) in [6.45, 7) is 3.93. The van der Waals surface area contributed by atoms with Crippen molar-refractivity contribution in [1.82, 2.24) is 4.57 Å². The SMILES string of the molecule is Cc1cc(C=C(C#N)C(=O)Nc2ccc(Cl)cc2)c(C)n1-c1sc2c(c1C#N)CCCC2. The van der Waals surface area contributed by atoms with Gasteiger partial charge in [0.1, 0.15) is 22.7 Å². The Morgan fingerprint density at radius 2 is 1.91 bits per heavy atom. The van der Waals surface area contributed by atoms with Crippen LogP contribution in [0.25, 0.3) is 11.1 Å². The largest absolute Gasteiger partial charge is 0.321 e. The average Bonchev–Trinajstić information content (AvgIpc) is 3.28. The monoisotopic (exact) mass is 460 g/mol. The number of carbonyl (C=O) groups excluding carboxylic acids is 1. The predicted molar refractivity (Wildman–Crippen MR) is 128 cm³/mol. The Labute approximate surface area is 196 Å². The van der Waals surface area contributed by atoms with E-state index in [4.69, 9.17) is 11.6 Å². The lowest BCUT2D eigenvalue weighted by molar-refractivity contribution is -0.112. The van der Waals surface area contributed by atoms with E-state index < -0.39 is 5.91 Å². The highest BCUT2D eigenvalue weighted by Gasteiger charge is 2.24. The van der Waals surface area contributed by atoms with Crippen LogP contribution >= 0.6 is 22.9 Å². The average molecular weight is 461 g/mol. The zero-order chi connectivity index (χ0) is 22.8. The molecule has 0 aliphatic heterocycles. The van der Waals surface area contributed by atoms with Crippen molar-refractivity contribution in [3.8, 4) is 17.1 Å². The van der Waals surface area contributed by atoms with Crippen molar-refractivity contribution in [3.63, 3.8) is 0 Å². The zero-order valence-electron chi connectivity index (χ0n) is 17.8. The van der Waals surface area contributed by atoms with E-state index in [-0.39, 0.29) is 5.57 Å². The van der Waals surface area contributed by atoms with Crippen molar-refractivity contribution in [3.05, 3.63) is 73.9 Å². The molecule has 3 aromatic rings. The number of anilines is 1. The van der Waals surface area contributed by atoms with Crippen LogP contribution in [-0.4, -0.2) is 10.5 Å². The lowest BCUT2D eigenvalue weighted by atomic mass is 9.96. The number of thiophene rings is 1. The number of nitriles is 2. The highest BCUT2D eigenvalue weighted by molar-refractivity contribution is 7.15. The van der Waals surface area contributed by atoms with E-state index >= 15 is 0 Å². The summed E-state index contributed by atoms with van der Waals surface area (Å²) in [4.78, 5) is 14.0. The van der Waals surface area contributed by atoms with Crippen LogP contribution < -0.4 is 5.32 Å². The fourth-order valence-electron chi connectivity index (χ4n) is 4.11. The van der Waals surface area contributed by atoms with E-state index in [1.807, 2.05) is 26.0 Å². The summed E-state index contributed by atoms with van der Waals surface area (Å²) in [7, 11) is 0. The molecule has 0 radical (unpaired) electrons. The van der Waals surface area contributed by atoms with Gasteiger partial charge in [-0.2, -0.15) is 10.5 Å². The molecule has 0 fully saturated rings. The molecule has 7 heteroatoms. The number of nitrogens with one attached hydrogen (secondary N) is 1. The van der Waals surface area contributed by atoms with Gasteiger partial charge in [0.15, 0.2) is 0 Å². The summed E-state index contributed by atoms with van der Waals surface area (Å²) in [6.07, 6.45) is 5.84. The van der Waals surface area contributed by atoms with Crippen LogP contribution in [0.4, 0.5) is 5.69 Å². The Kier molecular flexibility index (Phi) is 6.19. The third-order valence-electron chi connectivity index (χ3n) is 5.70. The Morgan fingerprint density at radius 3 is 2.59 bits per heavy atom. The number of fused-ring (bicyclic) bond motifs is 1. The number of rotatable bonds is 4. The molecule has 4 rings (SSSR count). The van der Waals surface area contributed by atoms with Crippen molar-refractivity contribution in [1.29, 1.82) is 10.5 Å². The van der Waals surface area contributed by atoms with Gasteiger partial charge in [-0.15, -0.1) is 11.3 Å². The van der Waals surface area contributed by atoms with Crippen LogP contribution in [-0.2, 0) is 17.6 Å². The molecule has 32 heavy (non-hydrogen) atoms. The van der Waals surface area contributed by atoms with Crippen LogP contribution in [0.2, 0.25) is 5.02 Å². The normalized spacial score (nSPS) is 13.2. The second-order valence-corrected chi connectivity index (χ2v) is 9.32. The molecular weight excluding hydrogens is 440 g/mol. The molecule has 0 bridgehead atoms. The molecule has 0 spiro atoms. The maximum absolute atomic E-state index is 12.7. The number of benzene rings is 1. The number of halogens is 1. The van der Waals surface area contributed by atoms with Gasteiger partial charge in [0, 0.05) is 27.0 Å². The molecular formula is C25H21ClN4OS. The van der Waals surface area contributed by atoms with Crippen LogP contribution in [0.1, 0.15) is 45.8 Å². The number of aryl methyl sites for hydroxylation is 2. The molecule has 2 aromatic heterocycles. The van der Waals surface area contributed by atoms with Crippen molar-refractivity contribution in [2.45, 2.75) is 39.5 Å². The van der Waals surface area contributed by atoms with Crippen LogP contribution in [0.5, 0.6) is 0 Å². The summed E-state index contributed by atoms with van der Waals surface area (Å²) in [5.74, 6) is -0.482. The molecule has 1 aliphatic carbocycles. The summed E-state index contributed by atoms with van der Waals surface area (Å²) in [5.41, 5.74) is 5.14. The molecule has 5 nitrogen and oxygen atoms in total. The maximum atomic E-state index is 12.7. The van der Waals surface area contributed by atoms with Gasteiger partial charge in [-0.3, -0.25) is 4.79 Å². The number of nitrogens with zero attached hydrogens (tertiary/aromatic N) is 3. The summed E-state index contributed by atoms with van der Waals surface area (Å²) in [5, 5.41) is 23.7. The minimum absolute atomic E-state index is 0.00572. The van der Waals surface area contributed by atoms with Gasteiger partial charge in [-0.05, 0) is 87.1 Å². The summed E-state index contributed by atoms with van der Waals surface area (Å²) in [6, 6.07) is 13.1. The lowest BCUT2D eigenvalue weighted by Gasteiger charge is -2.10. The van der Waals surface area contributed by atoms with Gasteiger partial charge in [0.2, 0.25) is 0 Å². The first-order chi connectivity index (χ1) is 15.4. The Hall–Kier alpha value is -3.32.